The summed E-state index contributed by atoms with van der Waals surface area (Å²) in [5.41, 5.74) is 4.64. The Bertz CT molecular complexity index is 323. The van der Waals surface area contributed by atoms with Crippen LogP contribution < -0.4 is 16.4 Å². The first-order valence-corrected chi connectivity index (χ1v) is 7.71. The fourth-order valence-electron chi connectivity index (χ4n) is 2.32. The van der Waals surface area contributed by atoms with Crippen molar-refractivity contribution in [2.45, 2.75) is 64.0 Å². The Morgan fingerprint density at radius 2 is 1.95 bits per heavy atom. The summed E-state index contributed by atoms with van der Waals surface area (Å²) in [5, 5.41) is 6.17. The van der Waals surface area contributed by atoms with E-state index in [2.05, 4.69) is 17.6 Å². The summed E-state index contributed by atoms with van der Waals surface area (Å²) in [5.74, 6) is -0.539. The highest BCUT2D eigenvalue weighted by atomic mass is 16.5. The molecule has 6 heteroatoms. The zero-order chi connectivity index (χ0) is 16.3. The number of carbonyl (C=O) groups excluding carboxylic acids is 2. The second-order valence-electron chi connectivity index (χ2n) is 5.59. The van der Waals surface area contributed by atoms with Crippen molar-refractivity contribution in [2.24, 2.45) is 5.73 Å². The lowest BCUT2D eigenvalue weighted by Gasteiger charge is -2.28. The number of nitrogens with two attached hydrogens (primary N) is 1. The van der Waals surface area contributed by atoms with E-state index in [-0.39, 0.29) is 17.9 Å². The molecule has 0 saturated carbocycles. The SMILES string of the molecule is CCCNC(C)(CCCCCC(NC)C(N)=O)C(=O)OC. The van der Waals surface area contributed by atoms with Gasteiger partial charge in [0.15, 0.2) is 0 Å². The van der Waals surface area contributed by atoms with Gasteiger partial charge in [-0.3, -0.25) is 9.59 Å². The number of methoxy groups -OCH3 is 1. The summed E-state index contributed by atoms with van der Waals surface area (Å²) >= 11 is 0. The van der Waals surface area contributed by atoms with Gasteiger partial charge in [0.25, 0.3) is 0 Å². The van der Waals surface area contributed by atoms with Crippen LogP contribution in [0.3, 0.4) is 0 Å². The Balaban J connectivity index is 4.14. The van der Waals surface area contributed by atoms with Gasteiger partial charge in [-0.15, -0.1) is 0 Å². The molecule has 21 heavy (non-hydrogen) atoms. The number of ether oxygens (including phenoxy) is 1. The average molecular weight is 301 g/mol. The maximum Gasteiger partial charge on any atom is 0.325 e. The van der Waals surface area contributed by atoms with Crippen LogP contribution in [-0.4, -0.2) is 44.2 Å². The van der Waals surface area contributed by atoms with Gasteiger partial charge in [0.05, 0.1) is 13.2 Å². The van der Waals surface area contributed by atoms with Crippen molar-refractivity contribution in [1.29, 1.82) is 0 Å². The first kappa shape index (κ1) is 19.9. The van der Waals surface area contributed by atoms with Crippen molar-refractivity contribution in [3.63, 3.8) is 0 Å². The molecule has 0 spiro atoms. The number of rotatable bonds is 12. The molecular weight excluding hydrogens is 270 g/mol. The van der Waals surface area contributed by atoms with Gasteiger partial charge in [-0.05, 0) is 39.8 Å². The number of primary amides is 1. The van der Waals surface area contributed by atoms with Crippen molar-refractivity contribution >= 4 is 11.9 Å². The van der Waals surface area contributed by atoms with Crippen LogP contribution in [0.2, 0.25) is 0 Å². The Hall–Kier alpha value is -1.14. The molecule has 0 heterocycles. The third kappa shape index (κ3) is 7.43. The van der Waals surface area contributed by atoms with Crippen molar-refractivity contribution in [2.75, 3.05) is 20.7 Å². The molecule has 0 aliphatic rings. The maximum atomic E-state index is 11.9. The topological polar surface area (TPSA) is 93.5 Å². The molecule has 2 unspecified atom stereocenters. The van der Waals surface area contributed by atoms with E-state index < -0.39 is 5.54 Å². The largest absolute Gasteiger partial charge is 0.468 e. The highest BCUT2D eigenvalue weighted by Crippen LogP contribution is 2.17. The van der Waals surface area contributed by atoms with Crippen molar-refractivity contribution < 1.29 is 14.3 Å². The molecule has 0 aliphatic carbocycles. The number of nitrogens with one attached hydrogen (secondary N) is 2. The number of amides is 1. The molecule has 2 atom stereocenters. The number of hydrogen-bond donors (Lipinski definition) is 3. The summed E-state index contributed by atoms with van der Waals surface area (Å²) < 4.78 is 4.88. The lowest BCUT2D eigenvalue weighted by Crippen LogP contribution is -2.50. The molecule has 0 aromatic rings. The summed E-state index contributed by atoms with van der Waals surface area (Å²) in [6, 6.07) is -0.268. The predicted octanol–water partition coefficient (Wildman–Crippen LogP) is 0.942. The van der Waals surface area contributed by atoms with Crippen LogP contribution in [0.1, 0.15) is 52.4 Å². The van der Waals surface area contributed by atoms with Gasteiger partial charge in [-0.1, -0.05) is 26.2 Å². The molecule has 0 saturated heterocycles. The molecule has 1 amide bonds. The molecule has 0 aliphatic heterocycles. The summed E-state index contributed by atoms with van der Waals surface area (Å²) in [4.78, 5) is 23.0. The minimum Gasteiger partial charge on any atom is -0.468 e. The summed E-state index contributed by atoms with van der Waals surface area (Å²) in [6.45, 7) is 4.73. The predicted molar refractivity (Wildman–Crippen MR) is 83.8 cm³/mol. The van der Waals surface area contributed by atoms with Crippen LogP contribution in [0.15, 0.2) is 0 Å². The minimum atomic E-state index is -0.628. The monoisotopic (exact) mass is 301 g/mol. The van der Waals surface area contributed by atoms with Gasteiger partial charge in [0.2, 0.25) is 5.91 Å². The van der Waals surface area contributed by atoms with E-state index in [0.29, 0.717) is 0 Å². The molecule has 4 N–H and O–H groups in total. The Morgan fingerprint density at radius 3 is 2.43 bits per heavy atom. The number of carbonyl (C=O) groups is 2. The number of unbranched alkanes of at least 4 members (excludes halogenated alkanes) is 2. The minimum absolute atomic E-state index is 0.221. The van der Waals surface area contributed by atoms with Gasteiger partial charge in [-0.25, -0.2) is 0 Å². The van der Waals surface area contributed by atoms with Crippen LogP contribution in [0.5, 0.6) is 0 Å². The Kier molecular flexibility index (Phi) is 9.99. The van der Waals surface area contributed by atoms with Gasteiger partial charge in [0, 0.05) is 0 Å². The first-order chi connectivity index (χ1) is 9.91. The van der Waals surface area contributed by atoms with Crippen molar-refractivity contribution in [1.82, 2.24) is 10.6 Å². The molecule has 124 valence electrons. The fourth-order valence-corrected chi connectivity index (χ4v) is 2.32. The zero-order valence-corrected chi connectivity index (χ0v) is 13.8. The van der Waals surface area contributed by atoms with Gasteiger partial charge in [-0.2, -0.15) is 0 Å². The molecule has 0 fully saturated rings. The van der Waals surface area contributed by atoms with Gasteiger partial charge >= 0.3 is 5.97 Å². The Labute approximate surface area is 128 Å². The molecule has 0 rings (SSSR count). The van der Waals surface area contributed by atoms with Crippen LogP contribution in [0, 0.1) is 0 Å². The highest BCUT2D eigenvalue weighted by Gasteiger charge is 2.32. The third-order valence-corrected chi connectivity index (χ3v) is 3.76. The zero-order valence-electron chi connectivity index (χ0n) is 13.8. The molecule has 0 aromatic carbocycles. The van der Waals surface area contributed by atoms with E-state index in [1.807, 2.05) is 6.92 Å². The molecular formula is C15H31N3O3. The average Bonchev–Trinajstić information content (AvgIpc) is 2.47. The van der Waals surface area contributed by atoms with E-state index in [9.17, 15) is 9.59 Å². The first-order valence-electron chi connectivity index (χ1n) is 7.71. The van der Waals surface area contributed by atoms with Crippen LogP contribution in [-0.2, 0) is 14.3 Å². The van der Waals surface area contributed by atoms with Crippen molar-refractivity contribution in [3.8, 4) is 0 Å². The number of hydrogen-bond acceptors (Lipinski definition) is 5. The standard InChI is InChI=1S/C15H31N3O3/c1-5-11-18-15(2,14(20)21-4)10-8-6-7-9-12(17-3)13(16)19/h12,17-18H,5-11H2,1-4H3,(H2,16,19). The van der Waals surface area contributed by atoms with Crippen LogP contribution in [0.25, 0.3) is 0 Å². The van der Waals surface area contributed by atoms with Crippen LogP contribution in [0.4, 0.5) is 0 Å². The maximum absolute atomic E-state index is 11.9. The van der Waals surface area contributed by atoms with E-state index in [4.69, 9.17) is 10.5 Å². The van der Waals surface area contributed by atoms with E-state index in [1.165, 1.54) is 7.11 Å². The quantitative estimate of drug-likeness (QED) is 0.368. The molecule has 0 radical (unpaired) electrons. The number of likely N-dealkylation sites (N-methyl/N-ethyl adjacent to an activating group) is 1. The second-order valence-corrected chi connectivity index (χ2v) is 5.59. The molecule has 0 aromatic heterocycles. The Morgan fingerprint density at radius 1 is 1.29 bits per heavy atom. The second kappa shape index (κ2) is 10.6. The summed E-state index contributed by atoms with van der Waals surface area (Å²) in [6.07, 6.45) is 5.17. The third-order valence-electron chi connectivity index (χ3n) is 3.76. The van der Waals surface area contributed by atoms with Crippen molar-refractivity contribution in [3.05, 3.63) is 0 Å². The van der Waals surface area contributed by atoms with Gasteiger partial charge < -0.3 is 21.1 Å². The lowest BCUT2D eigenvalue weighted by atomic mass is 9.93. The van der Waals surface area contributed by atoms with E-state index in [0.717, 1.165) is 45.1 Å². The normalized spacial score (nSPS) is 15.2. The fraction of sp³-hybridized carbons (Fsp3) is 0.867. The highest BCUT2D eigenvalue weighted by molar-refractivity contribution is 5.80. The molecule has 0 bridgehead atoms. The lowest BCUT2D eigenvalue weighted by molar-refractivity contribution is -0.148. The summed E-state index contributed by atoms with van der Waals surface area (Å²) in [7, 11) is 3.15. The van der Waals surface area contributed by atoms with Gasteiger partial charge in [0.1, 0.15) is 5.54 Å². The van der Waals surface area contributed by atoms with Crippen LogP contribution >= 0.6 is 0 Å². The van der Waals surface area contributed by atoms with E-state index in [1.54, 1.807) is 7.05 Å². The number of esters is 1. The van der Waals surface area contributed by atoms with E-state index >= 15 is 0 Å². The molecule has 6 nitrogen and oxygen atoms in total. The smallest absolute Gasteiger partial charge is 0.325 e.